The van der Waals surface area contributed by atoms with Crippen LogP contribution >= 0.6 is 35.0 Å². The first kappa shape index (κ1) is 18.8. The zero-order valence-corrected chi connectivity index (χ0v) is 15.9. The Morgan fingerprint density at radius 3 is 2.80 bits per heavy atom. The lowest BCUT2D eigenvalue weighted by Crippen LogP contribution is -2.51. The number of rotatable bonds is 4. The number of halogens is 2. The SMILES string of the molecule is O=C(CN1CSC[C@H]1C(=O)N1CCOCC1)Nc1cccc(Cl)c1Cl. The van der Waals surface area contributed by atoms with Gasteiger partial charge in [0.15, 0.2) is 0 Å². The fourth-order valence-corrected chi connectivity index (χ4v) is 4.36. The van der Waals surface area contributed by atoms with Crippen LogP contribution in [0.2, 0.25) is 10.0 Å². The van der Waals surface area contributed by atoms with E-state index in [0.29, 0.717) is 53.7 Å². The number of thioether (sulfide) groups is 1. The molecule has 0 radical (unpaired) electrons. The summed E-state index contributed by atoms with van der Waals surface area (Å²) in [7, 11) is 0. The number of anilines is 1. The van der Waals surface area contributed by atoms with E-state index < -0.39 is 0 Å². The number of nitrogens with zero attached hydrogens (tertiary/aromatic N) is 2. The Bertz CT molecular complexity index is 656. The number of carbonyl (C=O) groups is 2. The second-order valence-corrected chi connectivity index (χ2v) is 7.63. The van der Waals surface area contributed by atoms with Gasteiger partial charge in [0.05, 0.1) is 41.5 Å². The van der Waals surface area contributed by atoms with E-state index in [-0.39, 0.29) is 24.4 Å². The van der Waals surface area contributed by atoms with Crippen LogP contribution in [0.1, 0.15) is 0 Å². The summed E-state index contributed by atoms with van der Waals surface area (Å²) in [5.74, 6) is 1.20. The van der Waals surface area contributed by atoms with Crippen LogP contribution in [0.25, 0.3) is 0 Å². The molecule has 2 amide bonds. The molecule has 2 heterocycles. The molecule has 2 aliphatic rings. The Balaban J connectivity index is 1.60. The van der Waals surface area contributed by atoms with Crippen LogP contribution in [0.3, 0.4) is 0 Å². The molecule has 3 rings (SSSR count). The highest BCUT2D eigenvalue weighted by Gasteiger charge is 2.35. The fraction of sp³-hybridized carbons (Fsp3) is 0.500. The first-order valence-corrected chi connectivity index (χ1v) is 9.89. The van der Waals surface area contributed by atoms with Crippen LogP contribution in [0, 0.1) is 0 Å². The van der Waals surface area contributed by atoms with E-state index in [1.807, 2.05) is 9.80 Å². The van der Waals surface area contributed by atoms with E-state index in [1.165, 1.54) is 0 Å². The lowest BCUT2D eigenvalue weighted by atomic mass is 10.2. The number of hydrogen-bond acceptors (Lipinski definition) is 5. The third-order valence-electron chi connectivity index (χ3n) is 4.15. The van der Waals surface area contributed by atoms with Gasteiger partial charge in [0.2, 0.25) is 11.8 Å². The van der Waals surface area contributed by atoms with Crippen molar-refractivity contribution in [3.63, 3.8) is 0 Å². The molecule has 0 spiro atoms. The average Bonchev–Trinajstić information content (AvgIpc) is 3.07. The summed E-state index contributed by atoms with van der Waals surface area (Å²) in [5, 5.41) is 3.47. The van der Waals surface area contributed by atoms with E-state index in [2.05, 4.69) is 5.32 Å². The van der Waals surface area contributed by atoms with E-state index >= 15 is 0 Å². The number of hydrogen-bond donors (Lipinski definition) is 1. The van der Waals surface area contributed by atoms with E-state index in [4.69, 9.17) is 27.9 Å². The molecule has 2 fully saturated rings. The molecule has 25 heavy (non-hydrogen) atoms. The van der Waals surface area contributed by atoms with Crippen LogP contribution in [0.15, 0.2) is 18.2 Å². The summed E-state index contributed by atoms with van der Waals surface area (Å²) in [5.41, 5.74) is 0.474. The van der Waals surface area contributed by atoms with Crippen molar-refractivity contribution in [1.29, 1.82) is 0 Å². The van der Waals surface area contributed by atoms with Gasteiger partial charge in [0.1, 0.15) is 0 Å². The number of morpholine rings is 1. The van der Waals surface area contributed by atoms with Crippen LogP contribution in [-0.4, -0.2) is 72.1 Å². The number of carbonyl (C=O) groups excluding carboxylic acids is 2. The summed E-state index contributed by atoms with van der Waals surface area (Å²) >= 11 is 13.7. The maximum absolute atomic E-state index is 12.7. The maximum atomic E-state index is 12.7. The molecule has 0 saturated carbocycles. The molecule has 6 nitrogen and oxygen atoms in total. The predicted molar refractivity (Wildman–Crippen MR) is 100 cm³/mol. The minimum atomic E-state index is -0.274. The first-order chi connectivity index (χ1) is 12.1. The monoisotopic (exact) mass is 403 g/mol. The number of benzene rings is 1. The minimum absolute atomic E-state index is 0.0712. The smallest absolute Gasteiger partial charge is 0.240 e. The molecule has 136 valence electrons. The van der Waals surface area contributed by atoms with Crippen molar-refractivity contribution in [2.24, 2.45) is 0 Å². The quantitative estimate of drug-likeness (QED) is 0.834. The largest absolute Gasteiger partial charge is 0.378 e. The van der Waals surface area contributed by atoms with Gasteiger partial charge in [0.25, 0.3) is 0 Å². The number of nitrogens with one attached hydrogen (secondary N) is 1. The molecule has 2 aliphatic heterocycles. The van der Waals surface area contributed by atoms with E-state index in [1.54, 1.807) is 30.0 Å². The summed E-state index contributed by atoms with van der Waals surface area (Å²) in [6.07, 6.45) is 0. The molecule has 0 aliphatic carbocycles. The van der Waals surface area contributed by atoms with Gasteiger partial charge in [0, 0.05) is 24.7 Å². The van der Waals surface area contributed by atoms with Gasteiger partial charge in [-0.05, 0) is 12.1 Å². The molecule has 0 unspecified atom stereocenters. The van der Waals surface area contributed by atoms with Gasteiger partial charge in [-0.2, -0.15) is 0 Å². The van der Waals surface area contributed by atoms with Crippen molar-refractivity contribution in [2.75, 3.05) is 49.8 Å². The molecular weight excluding hydrogens is 385 g/mol. The molecule has 1 aromatic carbocycles. The summed E-state index contributed by atoms with van der Waals surface area (Å²) < 4.78 is 5.29. The highest BCUT2D eigenvalue weighted by Crippen LogP contribution is 2.29. The van der Waals surface area contributed by atoms with Crippen molar-refractivity contribution in [3.8, 4) is 0 Å². The summed E-state index contributed by atoms with van der Waals surface area (Å²) in [6.45, 7) is 2.49. The van der Waals surface area contributed by atoms with Gasteiger partial charge >= 0.3 is 0 Å². The normalized spacial score (nSPS) is 21.4. The molecule has 9 heteroatoms. The molecule has 0 bridgehead atoms. The molecule has 1 aromatic rings. The predicted octanol–water partition coefficient (Wildman–Crippen LogP) is 2.17. The Kier molecular flexibility index (Phi) is 6.46. The van der Waals surface area contributed by atoms with Crippen molar-refractivity contribution < 1.29 is 14.3 Å². The number of ether oxygens (including phenoxy) is 1. The Hall–Kier alpha value is -0.990. The highest BCUT2D eigenvalue weighted by atomic mass is 35.5. The summed E-state index contributed by atoms with van der Waals surface area (Å²) in [4.78, 5) is 28.8. The van der Waals surface area contributed by atoms with Gasteiger partial charge in [-0.1, -0.05) is 29.3 Å². The van der Waals surface area contributed by atoms with Crippen molar-refractivity contribution in [1.82, 2.24) is 9.80 Å². The van der Waals surface area contributed by atoms with Crippen molar-refractivity contribution in [3.05, 3.63) is 28.2 Å². The Morgan fingerprint density at radius 2 is 2.04 bits per heavy atom. The lowest BCUT2D eigenvalue weighted by molar-refractivity contribution is -0.140. The van der Waals surface area contributed by atoms with Crippen LogP contribution in [0.5, 0.6) is 0 Å². The summed E-state index contributed by atoms with van der Waals surface area (Å²) in [6, 6.07) is 4.80. The van der Waals surface area contributed by atoms with Crippen LogP contribution in [0.4, 0.5) is 5.69 Å². The van der Waals surface area contributed by atoms with Gasteiger partial charge in [-0.25, -0.2) is 0 Å². The average molecular weight is 404 g/mol. The highest BCUT2D eigenvalue weighted by molar-refractivity contribution is 7.99. The molecule has 1 N–H and O–H groups in total. The number of amides is 2. The Morgan fingerprint density at radius 1 is 1.28 bits per heavy atom. The zero-order chi connectivity index (χ0) is 17.8. The van der Waals surface area contributed by atoms with Gasteiger partial charge in [-0.3, -0.25) is 14.5 Å². The Labute approximate surface area is 160 Å². The van der Waals surface area contributed by atoms with Crippen molar-refractivity contribution >= 4 is 52.5 Å². The standard InChI is InChI=1S/C16H19Cl2N3O3S/c17-11-2-1-3-12(15(11)18)19-14(22)8-21-10-25-9-13(21)16(23)20-4-6-24-7-5-20/h1-3,13H,4-10H2,(H,19,22)/t13-/m0/s1. The molecule has 0 aromatic heterocycles. The fourth-order valence-electron chi connectivity index (χ4n) is 2.83. The maximum Gasteiger partial charge on any atom is 0.240 e. The molecule has 2 saturated heterocycles. The van der Waals surface area contributed by atoms with E-state index in [9.17, 15) is 9.59 Å². The molecule has 1 atom stereocenters. The minimum Gasteiger partial charge on any atom is -0.378 e. The third-order valence-corrected chi connectivity index (χ3v) is 6.04. The lowest BCUT2D eigenvalue weighted by Gasteiger charge is -2.31. The topological polar surface area (TPSA) is 61.9 Å². The second kappa shape index (κ2) is 8.60. The second-order valence-electron chi connectivity index (χ2n) is 5.85. The third kappa shape index (κ3) is 4.60. The molecular formula is C16H19Cl2N3O3S. The van der Waals surface area contributed by atoms with Gasteiger partial charge < -0.3 is 15.0 Å². The zero-order valence-electron chi connectivity index (χ0n) is 13.5. The first-order valence-electron chi connectivity index (χ1n) is 7.98. The van der Waals surface area contributed by atoms with Crippen molar-refractivity contribution in [2.45, 2.75) is 6.04 Å². The van der Waals surface area contributed by atoms with Crippen LogP contribution < -0.4 is 5.32 Å². The van der Waals surface area contributed by atoms with E-state index in [0.717, 1.165) is 0 Å². The van der Waals surface area contributed by atoms with Gasteiger partial charge in [-0.15, -0.1) is 11.8 Å². The van der Waals surface area contributed by atoms with Crippen LogP contribution in [-0.2, 0) is 14.3 Å².